The van der Waals surface area contributed by atoms with Crippen LogP contribution in [0.1, 0.15) is 13.2 Å². The molecule has 9 nitrogen and oxygen atoms in total. The summed E-state index contributed by atoms with van der Waals surface area (Å²) in [4.78, 5) is 21.7. The van der Waals surface area contributed by atoms with Gasteiger partial charge in [0, 0.05) is 0 Å². The molecular weight excluding hydrogens is 285 g/mol. The van der Waals surface area contributed by atoms with Crippen molar-refractivity contribution in [2.24, 2.45) is 0 Å². The summed E-state index contributed by atoms with van der Waals surface area (Å²) in [7, 11) is 0. The number of rotatable bonds is 2. The highest BCUT2D eigenvalue weighted by Crippen LogP contribution is 2.41. The van der Waals surface area contributed by atoms with Crippen LogP contribution >= 0.6 is 0 Å². The molecule has 1 saturated heterocycles. The van der Waals surface area contributed by atoms with Crippen LogP contribution in [0.5, 0.6) is 0 Å². The van der Waals surface area contributed by atoms with Crippen molar-refractivity contribution in [3.63, 3.8) is 0 Å². The number of nitrogens with one attached hydrogen (secondary N) is 1. The number of fused-ring (bicyclic) bond motifs is 1. The van der Waals surface area contributed by atoms with E-state index in [-0.39, 0.29) is 17.1 Å². The van der Waals surface area contributed by atoms with Gasteiger partial charge in [-0.25, -0.2) is 9.37 Å². The number of hydrogen-bond donors (Lipinski definition) is 4. The zero-order valence-corrected chi connectivity index (χ0v) is 11.0. The monoisotopic (exact) mass is 299 g/mol. The number of imidazole rings is 1. The predicted octanol–water partition coefficient (Wildman–Crippen LogP) is -1.32. The highest BCUT2D eigenvalue weighted by atomic mass is 19.1. The van der Waals surface area contributed by atoms with Crippen LogP contribution in [0.2, 0.25) is 0 Å². The third kappa shape index (κ3) is 1.91. The lowest BCUT2D eigenvalue weighted by molar-refractivity contribution is -0.0566. The first-order valence-electron chi connectivity index (χ1n) is 6.22. The lowest BCUT2D eigenvalue weighted by Crippen LogP contribution is -2.40. The molecule has 0 bridgehead atoms. The van der Waals surface area contributed by atoms with Gasteiger partial charge in [0.15, 0.2) is 23.1 Å². The van der Waals surface area contributed by atoms with E-state index in [2.05, 4.69) is 15.0 Å². The predicted molar refractivity (Wildman–Crippen MR) is 69.1 cm³/mol. The summed E-state index contributed by atoms with van der Waals surface area (Å²) in [6.07, 6.45) is -2.71. The Kier molecular flexibility index (Phi) is 2.97. The number of aromatic nitrogens is 4. The second kappa shape index (κ2) is 4.48. The zero-order chi connectivity index (χ0) is 15.4. The quantitative estimate of drug-likeness (QED) is 0.539. The van der Waals surface area contributed by atoms with Crippen molar-refractivity contribution in [1.82, 2.24) is 19.5 Å². The Morgan fingerprint density at radius 1 is 1.67 bits per heavy atom. The van der Waals surface area contributed by atoms with Crippen LogP contribution in [0.25, 0.3) is 11.2 Å². The van der Waals surface area contributed by atoms with Gasteiger partial charge in [-0.1, -0.05) is 0 Å². The standard InChI is InChI=1S/C11H14FN5O4/c1-11(12)6(19)4(2-18)21-9(11)17-3-14-5-7(17)15-10(13)16-8(5)20/h3-4,6,9,18-19H,2H2,1H3,(H3,13,15,16,20)/t4-,6-,9-,11+/m1/s1. The van der Waals surface area contributed by atoms with Crippen molar-refractivity contribution in [2.75, 3.05) is 12.3 Å². The van der Waals surface area contributed by atoms with Crippen LogP contribution in [0.15, 0.2) is 11.1 Å². The number of halogens is 1. The molecule has 2 aromatic heterocycles. The molecule has 1 aliphatic rings. The molecule has 2 aromatic rings. The number of aliphatic hydroxyl groups excluding tert-OH is 2. The van der Waals surface area contributed by atoms with E-state index < -0.39 is 36.3 Å². The number of ether oxygens (including phenoxy) is 1. The fourth-order valence-corrected chi connectivity index (χ4v) is 2.48. The van der Waals surface area contributed by atoms with E-state index in [1.54, 1.807) is 0 Å². The van der Waals surface area contributed by atoms with Crippen molar-refractivity contribution in [1.29, 1.82) is 0 Å². The molecule has 5 N–H and O–H groups in total. The molecule has 0 radical (unpaired) electrons. The summed E-state index contributed by atoms with van der Waals surface area (Å²) < 4.78 is 21.2. The first kappa shape index (κ1) is 13.9. The Morgan fingerprint density at radius 3 is 3.00 bits per heavy atom. The van der Waals surface area contributed by atoms with Gasteiger partial charge in [0.1, 0.15) is 12.2 Å². The number of nitrogen functional groups attached to an aromatic ring is 1. The molecule has 0 aromatic carbocycles. The molecule has 114 valence electrons. The summed E-state index contributed by atoms with van der Waals surface area (Å²) in [6, 6.07) is 0. The van der Waals surface area contributed by atoms with E-state index in [0.29, 0.717) is 0 Å². The second-order valence-corrected chi connectivity index (χ2v) is 5.08. The molecule has 3 heterocycles. The smallest absolute Gasteiger partial charge is 0.280 e. The van der Waals surface area contributed by atoms with Gasteiger partial charge < -0.3 is 20.7 Å². The van der Waals surface area contributed by atoms with Crippen LogP contribution in [0.4, 0.5) is 10.3 Å². The fraction of sp³-hybridized carbons (Fsp3) is 0.545. The van der Waals surface area contributed by atoms with Gasteiger partial charge in [0.05, 0.1) is 12.9 Å². The van der Waals surface area contributed by atoms with Gasteiger partial charge in [0.2, 0.25) is 5.95 Å². The van der Waals surface area contributed by atoms with E-state index in [9.17, 15) is 14.3 Å². The average Bonchev–Trinajstić information content (AvgIpc) is 2.91. The third-order valence-electron chi connectivity index (χ3n) is 3.60. The van der Waals surface area contributed by atoms with Gasteiger partial charge in [-0.15, -0.1) is 0 Å². The fourth-order valence-electron chi connectivity index (χ4n) is 2.48. The van der Waals surface area contributed by atoms with Crippen molar-refractivity contribution in [3.8, 4) is 0 Å². The molecule has 21 heavy (non-hydrogen) atoms. The van der Waals surface area contributed by atoms with Crippen molar-refractivity contribution < 1.29 is 19.3 Å². The third-order valence-corrected chi connectivity index (χ3v) is 3.60. The Hall–Kier alpha value is -2.04. The van der Waals surface area contributed by atoms with Crippen molar-refractivity contribution in [2.45, 2.75) is 31.0 Å². The molecule has 10 heteroatoms. The summed E-state index contributed by atoms with van der Waals surface area (Å²) in [5.41, 5.74) is 2.73. The van der Waals surface area contributed by atoms with E-state index in [4.69, 9.17) is 15.6 Å². The minimum absolute atomic E-state index is 0.0226. The summed E-state index contributed by atoms with van der Waals surface area (Å²) in [6.45, 7) is 0.598. The van der Waals surface area contributed by atoms with Crippen molar-refractivity contribution in [3.05, 3.63) is 16.7 Å². The SMILES string of the molecule is C[C@]1(F)[C@H](O)[C@@H](CO)O[C@H]1n1cnc2c(=O)[nH]c(N)nc21. The van der Waals surface area contributed by atoms with E-state index >= 15 is 0 Å². The Bertz CT molecular complexity index is 742. The summed E-state index contributed by atoms with van der Waals surface area (Å²) in [5.74, 6) is -0.146. The molecule has 3 rings (SSSR count). The largest absolute Gasteiger partial charge is 0.394 e. The number of nitrogens with zero attached hydrogens (tertiary/aromatic N) is 3. The number of hydrogen-bond acceptors (Lipinski definition) is 7. The first-order valence-corrected chi connectivity index (χ1v) is 6.22. The van der Waals surface area contributed by atoms with E-state index in [1.165, 1.54) is 10.9 Å². The van der Waals surface area contributed by atoms with Gasteiger partial charge in [0.25, 0.3) is 5.56 Å². The number of nitrogens with two attached hydrogens (primary N) is 1. The summed E-state index contributed by atoms with van der Waals surface area (Å²) in [5, 5.41) is 19.0. The lowest BCUT2D eigenvalue weighted by Gasteiger charge is -2.24. The maximum absolute atomic E-state index is 14.7. The number of alkyl halides is 1. The minimum Gasteiger partial charge on any atom is -0.394 e. The van der Waals surface area contributed by atoms with Crippen LogP contribution in [0.3, 0.4) is 0 Å². The van der Waals surface area contributed by atoms with E-state index in [1.807, 2.05) is 0 Å². The Balaban J connectivity index is 2.15. The zero-order valence-electron chi connectivity index (χ0n) is 11.0. The molecule has 4 atom stereocenters. The highest BCUT2D eigenvalue weighted by Gasteiger charge is 2.55. The van der Waals surface area contributed by atoms with Gasteiger partial charge in [-0.2, -0.15) is 4.98 Å². The van der Waals surface area contributed by atoms with Crippen LogP contribution in [-0.2, 0) is 4.74 Å². The molecule has 0 saturated carbocycles. The molecule has 0 aliphatic carbocycles. The minimum atomic E-state index is -2.19. The number of aliphatic hydroxyl groups is 2. The van der Waals surface area contributed by atoms with E-state index in [0.717, 1.165) is 6.92 Å². The van der Waals surface area contributed by atoms with Crippen LogP contribution in [0, 0.1) is 0 Å². The van der Waals surface area contributed by atoms with Crippen molar-refractivity contribution >= 4 is 17.1 Å². The van der Waals surface area contributed by atoms with Gasteiger partial charge in [-0.05, 0) is 6.92 Å². The molecular formula is C11H14FN5O4. The molecule has 0 unspecified atom stereocenters. The van der Waals surface area contributed by atoms with Gasteiger partial charge >= 0.3 is 0 Å². The normalized spacial score (nSPS) is 32.9. The maximum Gasteiger partial charge on any atom is 0.280 e. The maximum atomic E-state index is 14.7. The molecule has 1 fully saturated rings. The molecule has 1 aliphatic heterocycles. The average molecular weight is 299 g/mol. The number of H-pyrrole nitrogens is 1. The first-order chi connectivity index (χ1) is 9.86. The highest BCUT2D eigenvalue weighted by molar-refractivity contribution is 5.70. The number of anilines is 1. The Morgan fingerprint density at radius 2 is 2.38 bits per heavy atom. The Labute approximate surface area is 117 Å². The summed E-state index contributed by atoms with van der Waals surface area (Å²) >= 11 is 0. The molecule has 0 amide bonds. The lowest BCUT2D eigenvalue weighted by atomic mass is 9.99. The van der Waals surface area contributed by atoms with Crippen LogP contribution in [-0.4, -0.2) is 54.2 Å². The molecule has 0 spiro atoms. The second-order valence-electron chi connectivity index (χ2n) is 5.08. The topological polar surface area (TPSA) is 139 Å². The number of aromatic amines is 1. The van der Waals surface area contributed by atoms with Crippen LogP contribution < -0.4 is 11.3 Å². The van der Waals surface area contributed by atoms with Gasteiger partial charge in [-0.3, -0.25) is 14.3 Å².